The molecule has 0 amide bonds. The zero-order valence-electron chi connectivity index (χ0n) is 21.8. The quantitative estimate of drug-likeness (QED) is 0.262. The molecule has 1 aliphatic heterocycles. The van der Waals surface area contributed by atoms with E-state index in [1.165, 1.54) is 24.0 Å². The molecule has 10 heteroatoms. The molecular formula is C30H28Cl2N6O2. The predicted molar refractivity (Wildman–Crippen MR) is 159 cm³/mol. The third-order valence-electron chi connectivity index (χ3n) is 7.28. The SMILES string of the molecule is O=c1[nH]c(CN(Cc2nc3ccc(Cl)cc3c(=O)[nH]2)Cc2ccccc2CN2CCCC2)nc2ccc(Cl)cc12. The molecule has 0 bridgehead atoms. The molecule has 40 heavy (non-hydrogen) atoms. The lowest BCUT2D eigenvalue weighted by Gasteiger charge is -2.24. The Kier molecular flexibility index (Phi) is 7.67. The average Bonchev–Trinajstić information content (AvgIpc) is 3.44. The van der Waals surface area contributed by atoms with E-state index in [-0.39, 0.29) is 11.1 Å². The summed E-state index contributed by atoms with van der Waals surface area (Å²) in [5.74, 6) is 1.04. The number of likely N-dealkylation sites (tertiary alicyclic amines) is 1. The molecule has 0 radical (unpaired) electrons. The first kappa shape index (κ1) is 26.7. The van der Waals surface area contributed by atoms with E-state index in [0.29, 0.717) is 63.1 Å². The lowest BCUT2D eigenvalue weighted by atomic mass is 10.1. The second kappa shape index (κ2) is 11.5. The van der Waals surface area contributed by atoms with E-state index in [2.05, 4.69) is 38.0 Å². The van der Waals surface area contributed by atoms with Crippen LogP contribution >= 0.6 is 23.2 Å². The summed E-state index contributed by atoms with van der Waals surface area (Å²) >= 11 is 12.2. The van der Waals surface area contributed by atoms with Gasteiger partial charge < -0.3 is 9.97 Å². The van der Waals surface area contributed by atoms with Crippen LogP contribution in [0.3, 0.4) is 0 Å². The van der Waals surface area contributed by atoms with Gasteiger partial charge in [0.05, 0.1) is 34.9 Å². The Morgan fingerprint density at radius 3 is 1.80 bits per heavy atom. The first-order valence-corrected chi connectivity index (χ1v) is 14.1. The lowest BCUT2D eigenvalue weighted by Crippen LogP contribution is -2.28. The fourth-order valence-corrected chi connectivity index (χ4v) is 5.69. The van der Waals surface area contributed by atoms with Crippen molar-refractivity contribution in [2.24, 2.45) is 0 Å². The smallest absolute Gasteiger partial charge is 0.258 e. The first-order valence-electron chi connectivity index (χ1n) is 13.3. The number of rotatable bonds is 8. The van der Waals surface area contributed by atoms with Gasteiger partial charge in [0.1, 0.15) is 11.6 Å². The number of hydrogen-bond donors (Lipinski definition) is 2. The van der Waals surface area contributed by atoms with Crippen LogP contribution in [0, 0.1) is 0 Å². The van der Waals surface area contributed by atoms with Crippen LogP contribution in [0.15, 0.2) is 70.3 Å². The van der Waals surface area contributed by atoms with Gasteiger partial charge in [-0.15, -0.1) is 0 Å². The van der Waals surface area contributed by atoms with Gasteiger partial charge in [-0.25, -0.2) is 9.97 Å². The largest absolute Gasteiger partial charge is 0.309 e. The summed E-state index contributed by atoms with van der Waals surface area (Å²) in [4.78, 5) is 45.6. The number of aromatic nitrogens is 4. The van der Waals surface area contributed by atoms with E-state index < -0.39 is 0 Å². The highest BCUT2D eigenvalue weighted by Gasteiger charge is 2.18. The molecule has 1 saturated heterocycles. The maximum Gasteiger partial charge on any atom is 0.258 e. The van der Waals surface area contributed by atoms with Crippen molar-refractivity contribution in [2.45, 2.75) is 39.0 Å². The number of halogens is 2. The van der Waals surface area contributed by atoms with Crippen molar-refractivity contribution in [2.75, 3.05) is 13.1 Å². The highest BCUT2D eigenvalue weighted by Crippen LogP contribution is 2.21. The summed E-state index contributed by atoms with van der Waals surface area (Å²) in [5, 5.41) is 1.85. The third kappa shape index (κ3) is 5.95. The van der Waals surface area contributed by atoms with Crippen molar-refractivity contribution >= 4 is 45.0 Å². The Hall–Kier alpha value is -3.56. The number of nitrogens with zero attached hydrogens (tertiary/aromatic N) is 4. The van der Waals surface area contributed by atoms with E-state index in [9.17, 15) is 9.59 Å². The lowest BCUT2D eigenvalue weighted by molar-refractivity contribution is 0.233. The summed E-state index contributed by atoms with van der Waals surface area (Å²) in [6, 6.07) is 18.6. The Labute approximate surface area is 240 Å². The fourth-order valence-electron chi connectivity index (χ4n) is 5.35. The molecule has 2 N–H and O–H groups in total. The normalized spacial score (nSPS) is 14.1. The standard InChI is InChI=1S/C30H28Cl2N6O2/c31-21-7-9-25-23(13-21)29(39)35-27(33-25)17-38(16-20-6-2-1-5-19(20)15-37-11-3-4-12-37)18-28-34-26-10-8-22(32)14-24(26)30(40)36-28/h1-2,5-10,13-14H,3-4,11-12,15-18H2,(H,33,35,39)(H,34,36,40). The molecule has 2 aromatic heterocycles. The fraction of sp³-hybridized carbons (Fsp3) is 0.267. The molecule has 1 aliphatic rings. The topological polar surface area (TPSA) is 98.0 Å². The number of hydrogen-bond acceptors (Lipinski definition) is 6. The number of fused-ring (bicyclic) bond motifs is 2. The monoisotopic (exact) mass is 574 g/mol. The van der Waals surface area contributed by atoms with Crippen LogP contribution in [0.2, 0.25) is 10.0 Å². The maximum absolute atomic E-state index is 12.9. The first-order chi connectivity index (χ1) is 19.4. The Balaban J connectivity index is 1.35. The maximum atomic E-state index is 12.9. The molecule has 1 fully saturated rings. The second-order valence-corrected chi connectivity index (χ2v) is 11.1. The number of aromatic amines is 2. The molecule has 0 unspecified atom stereocenters. The van der Waals surface area contributed by atoms with Crippen molar-refractivity contribution in [3.05, 3.63) is 114 Å². The predicted octanol–water partition coefficient (Wildman–Crippen LogP) is 5.26. The van der Waals surface area contributed by atoms with Gasteiger partial charge in [-0.1, -0.05) is 47.5 Å². The van der Waals surface area contributed by atoms with Crippen molar-refractivity contribution in [1.29, 1.82) is 0 Å². The highest BCUT2D eigenvalue weighted by molar-refractivity contribution is 6.31. The zero-order valence-corrected chi connectivity index (χ0v) is 23.3. The van der Waals surface area contributed by atoms with E-state index in [1.807, 2.05) is 6.07 Å². The van der Waals surface area contributed by atoms with Gasteiger partial charge >= 0.3 is 0 Å². The molecule has 0 atom stereocenters. The zero-order chi connectivity index (χ0) is 27.6. The van der Waals surface area contributed by atoms with Crippen LogP contribution in [0.25, 0.3) is 21.8 Å². The molecular weight excluding hydrogens is 547 g/mol. The van der Waals surface area contributed by atoms with Gasteiger partial charge in [0.2, 0.25) is 0 Å². The van der Waals surface area contributed by atoms with Gasteiger partial charge in [-0.05, 0) is 73.5 Å². The Morgan fingerprint density at radius 2 is 1.25 bits per heavy atom. The number of benzene rings is 3. The molecule has 6 rings (SSSR count). The van der Waals surface area contributed by atoms with Crippen molar-refractivity contribution in [1.82, 2.24) is 29.7 Å². The van der Waals surface area contributed by atoms with Gasteiger partial charge in [-0.3, -0.25) is 19.4 Å². The number of nitrogens with one attached hydrogen (secondary N) is 2. The number of H-pyrrole nitrogens is 2. The summed E-state index contributed by atoms with van der Waals surface area (Å²) in [6.07, 6.45) is 2.46. The van der Waals surface area contributed by atoms with E-state index >= 15 is 0 Å². The minimum Gasteiger partial charge on any atom is -0.309 e. The Bertz CT molecular complexity index is 1710. The van der Waals surface area contributed by atoms with Gasteiger partial charge in [0.15, 0.2) is 0 Å². The molecule has 8 nitrogen and oxygen atoms in total. The van der Waals surface area contributed by atoms with E-state index in [0.717, 1.165) is 19.6 Å². The van der Waals surface area contributed by atoms with Gasteiger partial charge in [0.25, 0.3) is 11.1 Å². The summed E-state index contributed by atoms with van der Waals surface area (Å²) < 4.78 is 0. The van der Waals surface area contributed by atoms with Crippen LogP contribution in [-0.4, -0.2) is 42.8 Å². The van der Waals surface area contributed by atoms with Crippen molar-refractivity contribution in [3.63, 3.8) is 0 Å². The minimum absolute atomic E-state index is 0.244. The average molecular weight is 576 g/mol. The molecule has 5 aromatic rings. The van der Waals surface area contributed by atoms with Gasteiger partial charge in [0, 0.05) is 23.1 Å². The molecule has 3 aromatic carbocycles. The summed E-state index contributed by atoms with van der Waals surface area (Å²) in [5.41, 5.74) is 3.10. The van der Waals surface area contributed by atoms with E-state index in [4.69, 9.17) is 33.2 Å². The second-order valence-electron chi connectivity index (χ2n) is 10.2. The molecule has 0 saturated carbocycles. The third-order valence-corrected chi connectivity index (χ3v) is 7.75. The van der Waals surface area contributed by atoms with Crippen molar-refractivity contribution in [3.8, 4) is 0 Å². The van der Waals surface area contributed by atoms with Crippen LogP contribution in [-0.2, 0) is 26.2 Å². The highest BCUT2D eigenvalue weighted by atomic mass is 35.5. The van der Waals surface area contributed by atoms with Crippen LogP contribution in [0.5, 0.6) is 0 Å². The minimum atomic E-state index is -0.244. The van der Waals surface area contributed by atoms with E-state index in [1.54, 1.807) is 36.4 Å². The van der Waals surface area contributed by atoms with Crippen LogP contribution in [0.1, 0.15) is 35.6 Å². The van der Waals surface area contributed by atoms with Gasteiger partial charge in [-0.2, -0.15) is 0 Å². The Morgan fingerprint density at radius 1 is 0.725 bits per heavy atom. The molecule has 3 heterocycles. The molecule has 204 valence electrons. The van der Waals surface area contributed by atoms with Crippen LogP contribution < -0.4 is 11.1 Å². The van der Waals surface area contributed by atoms with Crippen molar-refractivity contribution < 1.29 is 0 Å². The molecule has 0 aliphatic carbocycles. The van der Waals surface area contributed by atoms with Crippen LogP contribution in [0.4, 0.5) is 0 Å². The summed E-state index contributed by atoms with van der Waals surface area (Å²) in [6.45, 7) is 4.37. The summed E-state index contributed by atoms with van der Waals surface area (Å²) in [7, 11) is 0. The molecule has 0 spiro atoms.